The summed E-state index contributed by atoms with van der Waals surface area (Å²) < 4.78 is 65.9. The zero-order valence-corrected chi connectivity index (χ0v) is 14.9. The van der Waals surface area contributed by atoms with E-state index in [0.717, 1.165) is 25.0 Å². The molecule has 6 nitrogen and oxygen atoms in total. The van der Waals surface area contributed by atoms with Gasteiger partial charge in [-0.3, -0.25) is 0 Å². The summed E-state index contributed by atoms with van der Waals surface area (Å²) >= 11 is 0. The molecule has 134 valence electrons. The van der Waals surface area contributed by atoms with Crippen LogP contribution in [0.25, 0.3) is 0 Å². The lowest BCUT2D eigenvalue weighted by atomic mass is 10.4. The van der Waals surface area contributed by atoms with Crippen molar-refractivity contribution in [2.45, 2.75) is 35.8 Å². The number of sulfonamides is 2. The average Bonchev–Trinajstić information content (AvgIpc) is 3.11. The molecule has 1 saturated heterocycles. The highest BCUT2D eigenvalue weighted by molar-refractivity contribution is 7.90. The molecule has 0 unspecified atom stereocenters. The summed E-state index contributed by atoms with van der Waals surface area (Å²) in [4.78, 5) is 0.0241. The molecule has 0 aromatic heterocycles. The second-order valence-corrected chi connectivity index (χ2v) is 10.4. The Morgan fingerprint density at radius 1 is 0.833 bits per heavy atom. The van der Waals surface area contributed by atoms with Gasteiger partial charge in [0.25, 0.3) is 0 Å². The summed E-state index contributed by atoms with van der Waals surface area (Å²) in [6, 6.07) is 4.67. The van der Waals surface area contributed by atoms with Gasteiger partial charge in [0.05, 0.1) is 10.1 Å². The van der Waals surface area contributed by atoms with Crippen LogP contribution in [0, 0.1) is 5.82 Å². The minimum atomic E-state index is -3.72. The molecule has 0 radical (unpaired) electrons. The van der Waals surface area contributed by atoms with Gasteiger partial charge in [-0.25, -0.2) is 21.2 Å². The van der Waals surface area contributed by atoms with E-state index in [1.807, 2.05) is 0 Å². The van der Waals surface area contributed by atoms with E-state index in [-0.39, 0.29) is 36.3 Å². The van der Waals surface area contributed by atoms with Crippen molar-refractivity contribution >= 4 is 20.0 Å². The lowest BCUT2D eigenvalue weighted by Gasteiger charge is -2.34. The molecule has 1 aromatic carbocycles. The molecule has 1 aliphatic heterocycles. The second kappa shape index (κ2) is 6.70. The fraction of sp³-hybridized carbons (Fsp3) is 0.600. The molecule has 24 heavy (non-hydrogen) atoms. The van der Waals surface area contributed by atoms with Crippen molar-refractivity contribution < 1.29 is 21.2 Å². The number of rotatable bonds is 4. The third-order valence-corrected chi connectivity index (χ3v) is 9.04. The Morgan fingerprint density at radius 2 is 1.33 bits per heavy atom. The normalized spacial score (nSPS) is 22.0. The average molecular weight is 376 g/mol. The van der Waals surface area contributed by atoms with Gasteiger partial charge in [0.1, 0.15) is 5.82 Å². The molecule has 3 rings (SSSR count). The first kappa shape index (κ1) is 17.8. The van der Waals surface area contributed by atoms with Crippen LogP contribution in [-0.2, 0) is 20.0 Å². The fourth-order valence-corrected chi connectivity index (χ4v) is 6.76. The smallest absolute Gasteiger partial charge is 0.212 e. The SMILES string of the molecule is O=S(=O)(c1ccc(F)cc1)N1CCN(S(=O)(=O)C2CCCC2)CC1. The Labute approximate surface area is 142 Å². The van der Waals surface area contributed by atoms with Crippen LogP contribution in [0.3, 0.4) is 0 Å². The summed E-state index contributed by atoms with van der Waals surface area (Å²) in [5.41, 5.74) is 0. The molecule has 1 saturated carbocycles. The Morgan fingerprint density at radius 3 is 1.88 bits per heavy atom. The lowest BCUT2D eigenvalue weighted by molar-refractivity contribution is 0.270. The molecule has 0 bridgehead atoms. The van der Waals surface area contributed by atoms with Crippen LogP contribution < -0.4 is 0 Å². The summed E-state index contributed by atoms with van der Waals surface area (Å²) in [5, 5.41) is -0.322. The first-order chi connectivity index (χ1) is 11.3. The van der Waals surface area contributed by atoms with Crippen LogP contribution in [0.5, 0.6) is 0 Å². The number of benzene rings is 1. The van der Waals surface area contributed by atoms with Gasteiger partial charge >= 0.3 is 0 Å². The lowest BCUT2D eigenvalue weighted by Crippen LogP contribution is -2.52. The van der Waals surface area contributed by atoms with Crippen molar-refractivity contribution in [1.82, 2.24) is 8.61 Å². The third-order valence-electron chi connectivity index (χ3n) is 4.73. The minimum absolute atomic E-state index is 0.0241. The molecule has 2 fully saturated rings. The van der Waals surface area contributed by atoms with E-state index >= 15 is 0 Å². The molecule has 0 spiro atoms. The molecule has 0 N–H and O–H groups in total. The van der Waals surface area contributed by atoms with Crippen molar-refractivity contribution in [3.8, 4) is 0 Å². The molecular formula is C15H21FN2O4S2. The van der Waals surface area contributed by atoms with Crippen molar-refractivity contribution in [1.29, 1.82) is 0 Å². The molecule has 9 heteroatoms. The summed E-state index contributed by atoms with van der Waals surface area (Å²) in [6.45, 7) is 0.565. The van der Waals surface area contributed by atoms with Crippen LogP contribution in [0.1, 0.15) is 25.7 Å². The predicted octanol–water partition coefficient (Wildman–Crippen LogP) is 1.40. The molecular weight excluding hydrogens is 355 g/mol. The highest BCUT2D eigenvalue weighted by Gasteiger charge is 2.37. The number of piperazine rings is 1. The fourth-order valence-electron chi connectivity index (χ4n) is 3.32. The van der Waals surface area contributed by atoms with Crippen LogP contribution in [0.15, 0.2) is 29.2 Å². The molecule has 1 aromatic rings. The molecule has 2 aliphatic rings. The maximum absolute atomic E-state index is 13.0. The Bertz CT molecular complexity index is 779. The summed E-state index contributed by atoms with van der Waals surface area (Å²) in [5.74, 6) is -0.499. The summed E-state index contributed by atoms with van der Waals surface area (Å²) in [6.07, 6.45) is 3.25. The minimum Gasteiger partial charge on any atom is -0.212 e. The van der Waals surface area contributed by atoms with Crippen LogP contribution in [-0.4, -0.2) is 56.9 Å². The van der Waals surface area contributed by atoms with Crippen LogP contribution in [0.4, 0.5) is 4.39 Å². The highest BCUT2D eigenvalue weighted by Crippen LogP contribution is 2.28. The van der Waals surface area contributed by atoms with Crippen LogP contribution >= 0.6 is 0 Å². The molecule has 0 atom stereocenters. The van der Waals surface area contributed by atoms with E-state index in [4.69, 9.17) is 0 Å². The molecule has 1 aliphatic carbocycles. The van der Waals surface area contributed by atoms with E-state index in [9.17, 15) is 21.2 Å². The van der Waals surface area contributed by atoms with Gasteiger partial charge in [0.15, 0.2) is 0 Å². The number of hydrogen-bond acceptors (Lipinski definition) is 4. The Balaban J connectivity index is 1.69. The highest BCUT2D eigenvalue weighted by atomic mass is 32.2. The zero-order valence-electron chi connectivity index (χ0n) is 13.3. The maximum atomic E-state index is 13.0. The van der Waals surface area contributed by atoms with E-state index in [0.29, 0.717) is 12.8 Å². The van der Waals surface area contributed by atoms with Crippen molar-refractivity contribution in [2.75, 3.05) is 26.2 Å². The monoisotopic (exact) mass is 376 g/mol. The number of hydrogen-bond donors (Lipinski definition) is 0. The maximum Gasteiger partial charge on any atom is 0.243 e. The molecule has 0 amide bonds. The largest absolute Gasteiger partial charge is 0.243 e. The van der Waals surface area contributed by atoms with Crippen molar-refractivity contribution in [3.05, 3.63) is 30.1 Å². The van der Waals surface area contributed by atoms with Gasteiger partial charge in [-0.2, -0.15) is 8.61 Å². The predicted molar refractivity (Wildman–Crippen MR) is 87.9 cm³/mol. The second-order valence-electron chi connectivity index (χ2n) is 6.21. The van der Waals surface area contributed by atoms with Gasteiger partial charge in [-0.05, 0) is 37.1 Å². The van der Waals surface area contributed by atoms with Gasteiger partial charge in [-0.15, -0.1) is 0 Å². The Kier molecular flexibility index (Phi) is 4.96. The number of nitrogens with zero attached hydrogens (tertiary/aromatic N) is 2. The topological polar surface area (TPSA) is 74.8 Å². The first-order valence-electron chi connectivity index (χ1n) is 8.06. The molecule has 1 heterocycles. The van der Waals surface area contributed by atoms with E-state index in [2.05, 4.69) is 0 Å². The standard InChI is InChI=1S/C15H21FN2O4S2/c16-13-5-7-15(8-6-13)24(21,22)18-11-9-17(10-12-18)23(19,20)14-3-1-2-4-14/h5-8,14H,1-4,9-12H2. The van der Waals surface area contributed by atoms with Gasteiger partial charge in [0.2, 0.25) is 20.0 Å². The zero-order chi connectivity index (χ0) is 17.4. The van der Waals surface area contributed by atoms with Crippen LogP contribution in [0.2, 0.25) is 0 Å². The quantitative estimate of drug-likeness (QED) is 0.796. The number of halogens is 1. The van der Waals surface area contributed by atoms with Gasteiger partial charge in [0, 0.05) is 26.2 Å². The van der Waals surface area contributed by atoms with Crippen molar-refractivity contribution in [2.24, 2.45) is 0 Å². The van der Waals surface area contributed by atoms with Crippen molar-refractivity contribution in [3.63, 3.8) is 0 Å². The third kappa shape index (κ3) is 3.35. The first-order valence-corrected chi connectivity index (χ1v) is 11.0. The van der Waals surface area contributed by atoms with Gasteiger partial charge in [-0.1, -0.05) is 12.8 Å². The van der Waals surface area contributed by atoms with Gasteiger partial charge < -0.3 is 0 Å². The summed E-state index contributed by atoms with van der Waals surface area (Å²) in [7, 11) is -7.06. The Hall–Kier alpha value is -1.03. The van der Waals surface area contributed by atoms with E-state index in [1.54, 1.807) is 0 Å². The van der Waals surface area contributed by atoms with E-state index in [1.165, 1.54) is 20.7 Å². The van der Waals surface area contributed by atoms with E-state index < -0.39 is 25.9 Å².